The molecule has 0 aliphatic carbocycles. The molecule has 0 fully saturated rings. The van der Waals surface area contributed by atoms with E-state index >= 15 is 0 Å². The number of pyridine rings is 1. The van der Waals surface area contributed by atoms with Gasteiger partial charge in [0.1, 0.15) is 5.75 Å². The van der Waals surface area contributed by atoms with E-state index in [1.165, 1.54) is 0 Å². The molecule has 0 aliphatic heterocycles. The monoisotopic (exact) mass is 313 g/mol. The number of rotatable bonds is 7. The minimum Gasteiger partial charge on any atom is -0.495 e. The summed E-state index contributed by atoms with van der Waals surface area (Å²) in [5.41, 5.74) is 2.10. The average Bonchev–Trinajstić information content (AvgIpc) is 2.60. The van der Waals surface area contributed by atoms with Gasteiger partial charge >= 0.3 is 0 Å². The highest BCUT2D eigenvalue weighted by Gasteiger charge is 2.11. The van der Waals surface area contributed by atoms with Gasteiger partial charge < -0.3 is 15.0 Å². The summed E-state index contributed by atoms with van der Waals surface area (Å²) in [6.07, 6.45) is 5.58. The SMILES string of the molecule is CCCCN(C)c1cncc(C(=O)Nc2ccccc2OC)c1. The zero-order valence-electron chi connectivity index (χ0n) is 13.9. The summed E-state index contributed by atoms with van der Waals surface area (Å²) in [5.74, 6) is 0.428. The second-order valence-electron chi connectivity index (χ2n) is 5.36. The van der Waals surface area contributed by atoms with Gasteiger partial charge in [-0.3, -0.25) is 9.78 Å². The van der Waals surface area contributed by atoms with Crippen molar-refractivity contribution in [3.8, 4) is 5.75 Å². The smallest absolute Gasteiger partial charge is 0.257 e. The molecule has 2 aromatic rings. The van der Waals surface area contributed by atoms with Crippen LogP contribution in [0.4, 0.5) is 11.4 Å². The highest BCUT2D eigenvalue weighted by atomic mass is 16.5. The molecule has 2 rings (SSSR count). The molecule has 122 valence electrons. The predicted molar refractivity (Wildman–Crippen MR) is 93.4 cm³/mol. The third-order valence-electron chi connectivity index (χ3n) is 3.63. The van der Waals surface area contributed by atoms with E-state index < -0.39 is 0 Å². The molecule has 0 saturated carbocycles. The largest absolute Gasteiger partial charge is 0.495 e. The molecule has 0 spiro atoms. The number of hydrogen-bond acceptors (Lipinski definition) is 4. The minimum atomic E-state index is -0.201. The van der Waals surface area contributed by atoms with Gasteiger partial charge in [-0.05, 0) is 24.6 Å². The summed E-state index contributed by atoms with van der Waals surface area (Å²) < 4.78 is 5.25. The van der Waals surface area contributed by atoms with Crippen molar-refractivity contribution in [1.29, 1.82) is 0 Å². The molecule has 1 N–H and O–H groups in total. The van der Waals surface area contributed by atoms with E-state index in [-0.39, 0.29) is 5.91 Å². The van der Waals surface area contributed by atoms with E-state index in [4.69, 9.17) is 4.74 Å². The molecule has 23 heavy (non-hydrogen) atoms. The van der Waals surface area contributed by atoms with E-state index in [2.05, 4.69) is 22.1 Å². The van der Waals surface area contributed by atoms with Crippen molar-refractivity contribution in [1.82, 2.24) is 4.98 Å². The molecule has 0 radical (unpaired) electrons. The summed E-state index contributed by atoms with van der Waals surface area (Å²) in [7, 11) is 3.59. The number of unbranched alkanes of at least 4 members (excludes halogenated alkanes) is 1. The summed E-state index contributed by atoms with van der Waals surface area (Å²) in [6, 6.07) is 9.18. The quantitative estimate of drug-likeness (QED) is 0.849. The van der Waals surface area contributed by atoms with Crippen molar-refractivity contribution in [2.24, 2.45) is 0 Å². The Kier molecular flexibility index (Phi) is 5.97. The fourth-order valence-corrected chi connectivity index (χ4v) is 2.23. The van der Waals surface area contributed by atoms with Crippen LogP contribution in [0.1, 0.15) is 30.1 Å². The average molecular weight is 313 g/mol. The highest BCUT2D eigenvalue weighted by Crippen LogP contribution is 2.24. The van der Waals surface area contributed by atoms with Crippen molar-refractivity contribution < 1.29 is 9.53 Å². The van der Waals surface area contributed by atoms with Gasteiger partial charge in [-0.25, -0.2) is 0 Å². The van der Waals surface area contributed by atoms with Crippen LogP contribution in [0, 0.1) is 0 Å². The van der Waals surface area contributed by atoms with Gasteiger partial charge in [-0.15, -0.1) is 0 Å². The Bertz CT molecular complexity index is 658. The van der Waals surface area contributed by atoms with Crippen LogP contribution >= 0.6 is 0 Å². The van der Waals surface area contributed by atoms with Crippen molar-refractivity contribution >= 4 is 17.3 Å². The van der Waals surface area contributed by atoms with E-state index in [1.807, 2.05) is 31.3 Å². The summed E-state index contributed by atoms with van der Waals surface area (Å²) in [6.45, 7) is 3.10. The lowest BCUT2D eigenvalue weighted by Crippen LogP contribution is -2.20. The van der Waals surface area contributed by atoms with E-state index in [1.54, 1.807) is 25.6 Å². The summed E-state index contributed by atoms with van der Waals surface area (Å²) in [5, 5.41) is 2.86. The molecule has 0 saturated heterocycles. The number of carbonyl (C=O) groups is 1. The number of methoxy groups -OCH3 is 1. The molecular weight excluding hydrogens is 290 g/mol. The Hall–Kier alpha value is -2.56. The van der Waals surface area contributed by atoms with E-state index in [9.17, 15) is 4.79 Å². The van der Waals surface area contributed by atoms with Crippen LogP contribution in [0.5, 0.6) is 5.75 Å². The lowest BCUT2D eigenvalue weighted by molar-refractivity contribution is 0.102. The third-order valence-corrected chi connectivity index (χ3v) is 3.63. The van der Waals surface area contributed by atoms with Gasteiger partial charge in [0.2, 0.25) is 0 Å². The van der Waals surface area contributed by atoms with Crippen LogP contribution in [0.15, 0.2) is 42.7 Å². The lowest BCUT2D eigenvalue weighted by atomic mass is 10.2. The van der Waals surface area contributed by atoms with Crippen molar-refractivity contribution in [3.05, 3.63) is 48.3 Å². The zero-order chi connectivity index (χ0) is 16.7. The maximum Gasteiger partial charge on any atom is 0.257 e. The number of para-hydroxylation sites is 2. The maximum atomic E-state index is 12.4. The number of hydrogen-bond donors (Lipinski definition) is 1. The van der Waals surface area contributed by atoms with Crippen LogP contribution in [-0.2, 0) is 0 Å². The number of amides is 1. The number of nitrogens with zero attached hydrogens (tertiary/aromatic N) is 2. The molecule has 0 aliphatic rings. The van der Waals surface area contributed by atoms with Gasteiger partial charge in [-0.1, -0.05) is 25.5 Å². The van der Waals surface area contributed by atoms with Gasteiger partial charge in [0.05, 0.1) is 30.2 Å². The van der Waals surface area contributed by atoms with Crippen molar-refractivity contribution in [2.45, 2.75) is 19.8 Å². The standard InChI is InChI=1S/C18H23N3O2/c1-4-5-10-21(2)15-11-14(12-19-13-15)18(22)20-16-8-6-7-9-17(16)23-3/h6-9,11-13H,4-5,10H2,1-3H3,(H,20,22). The van der Waals surface area contributed by atoms with Crippen LogP contribution in [-0.4, -0.2) is 31.6 Å². The van der Waals surface area contributed by atoms with Gasteiger partial charge in [0.15, 0.2) is 0 Å². The Labute approximate surface area is 137 Å². The number of nitrogens with one attached hydrogen (secondary N) is 1. The first-order valence-electron chi connectivity index (χ1n) is 7.76. The first-order valence-corrected chi connectivity index (χ1v) is 7.76. The lowest BCUT2D eigenvalue weighted by Gasteiger charge is -2.19. The zero-order valence-corrected chi connectivity index (χ0v) is 13.9. The van der Waals surface area contributed by atoms with Gasteiger partial charge in [0.25, 0.3) is 5.91 Å². The molecule has 5 heteroatoms. The summed E-state index contributed by atoms with van der Waals surface area (Å²) >= 11 is 0. The molecule has 0 bridgehead atoms. The number of anilines is 2. The molecule has 1 amide bonds. The summed E-state index contributed by atoms with van der Waals surface area (Å²) in [4.78, 5) is 18.7. The second-order valence-corrected chi connectivity index (χ2v) is 5.36. The Morgan fingerprint density at radius 2 is 2.09 bits per heavy atom. The molecule has 1 aromatic carbocycles. The van der Waals surface area contributed by atoms with E-state index in [0.29, 0.717) is 17.0 Å². The number of carbonyl (C=O) groups excluding carboxylic acids is 1. The first-order chi connectivity index (χ1) is 11.2. The Morgan fingerprint density at radius 1 is 1.30 bits per heavy atom. The number of aromatic nitrogens is 1. The van der Waals surface area contributed by atoms with Crippen LogP contribution in [0.2, 0.25) is 0 Å². The molecular formula is C18H23N3O2. The number of benzene rings is 1. The normalized spacial score (nSPS) is 10.2. The van der Waals surface area contributed by atoms with Crippen molar-refractivity contribution in [2.75, 3.05) is 30.9 Å². The third kappa shape index (κ3) is 4.45. The Balaban J connectivity index is 2.13. The highest BCUT2D eigenvalue weighted by molar-refractivity contribution is 6.05. The molecule has 1 aromatic heterocycles. The molecule has 1 heterocycles. The first kappa shape index (κ1) is 16.8. The number of ether oxygens (including phenoxy) is 1. The molecule has 5 nitrogen and oxygen atoms in total. The van der Waals surface area contributed by atoms with Gasteiger partial charge in [0, 0.05) is 19.8 Å². The van der Waals surface area contributed by atoms with Gasteiger partial charge in [-0.2, -0.15) is 0 Å². The van der Waals surface area contributed by atoms with Crippen LogP contribution in [0.25, 0.3) is 0 Å². The van der Waals surface area contributed by atoms with E-state index in [0.717, 1.165) is 25.1 Å². The fourth-order valence-electron chi connectivity index (χ4n) is 2.23. The topological polar surface area (TPSA) is 54.5 Å². The molecule has 0 unspecified atom stereocenters. The van der Waals surface area contributed by atoms with Crippen LogP contribution in [0.3, 0.4) is 0 Å². The van der Waals surface area contributed by atoms with Crippen LogP contribution < -0.4 is 15.0 Å². The Morgan fingerprint density at radius 3 is 2.83 bits per heavy atom. The minimum absolute atomic E-state index is 0.201. The van der Waals surface area contributed by atoms with Crippen molar-refractivity contribution in [3.63, 3.8) is 0 Å². The fraction of sp³-hybridized carbons (Fsp3) is 0.333. The second kappa shape index (κ2) is 8.17. The predicted octanol–water partition coefficient (Wildman–Crippen LogP) is 3.58. The molecule has 0 atom stereocenters. The maximum absolute atomic E-state index is 12.4.